The van der Waals surface area contributed by atoms with E-state index in [1.54, 1.807) is 29.7 Å². The van der Waals surface area contributed by atoms with Gasteiger partial charge >= 0.3 is 0 Å². The van der Waals surface area contributed by atoms with Gasteiger partial charge in [-0.05, 0) is 31.2 Å². The van der Waals surface area contributed by atoms with Gasteiger partial charge in [-0.1, -0.05) is 46.6 Å². The first-order valence-corrected chi connectivity index (χ1v) is 8.91. The smallest absolute Gasteiger partial charge is 0.245 e. The molecule has 0 saturated heterocycles. The van der Waals surface area contributed by atoms with E-state index in [0.717, 1.165) is 11.0 Å². The second kappa shape index (κ2) is 7.06. The number of amides is 1. The molecule has 0 saturated carbocycles. The van der Waals surface area contributed by atoms with Gasteiger partial charge in [0, 0.05) is 11.6 Å². The Labute approximate surface area is 164 Å². The maximum Gasteiger partial charge on any atom is 0.245 e. The Kier molecular flexibility index (Phi) is 4.59. The molecule has 6 nitrogen and oxygen atoms in total. The van der Waals surface area contributed by atoms with Crippen LogP contribution in [0, 0.1) is 6.92 Å². The van der Waals surface area contributed by atoms with E-state index in [4.69, 9.17) is 27.7 Å². The molecule has 0 fully saturated rings. The van der Waals surface area contributed by atoms with Crippen LogP contribution in [-0.4, -0.2) is 20.6 Å². The van der Waals surface area contributed by atoms with Crippen molar-refractivity contribution in [2.24, 2.45) is 0 Å². The van der Waals surface area contributed by atoms with E-state index in [9.17, 15) is 4.79 Å². The predicted octanol–water partition coefficient (Wildman–Crippen LogP) is 4.95. The quantitative estimate of drug-likeness (QED) is 0.526. The Balaban J connectivity index is 1.76. The summed E-state index contributed by atoms with van der Waals surface area (Å²) in [6, 6.07) is 14.5. The molecule has 4 rings (SSSR count). The molecule has 2 heterocycles. The highest BCUT2D eigenvalue weighted by atomic mass is 35.5. The number of para-hydroxylation sites is 2. The first-order valence-electron chi connectivity index (χ1n) is 8.16. The second-order valence-electron chi connectivity index (χ2n) is 5.98. The molecular weight excluding hydrogens is 387 g/mol. The van der Waals surface area contributed by atoms with Crippen LogP contribution >= 0.6 is 23.2 Å². The first kappa shape index (κ1) is 17.6. The summed E-state index contributed by atoms with van der Waals surface area (Å²) in [6.07, 6.45) is 0. The Morgan fingerprint density at radius 2 is 2.00 bits per heavy atom. The number of aryl methyl sites for hydroxylation is 1. The number of nitrogens with one attached hydrogen (secondary N) is 1. The molecule has 1 amide bonds. The van der Waals surface area contributed by atoms with Crippen LogP contribution in [0.15, 0.2) is 53.1 Å². The Morgan fingerprint density at radius 3 is 2.78 bits per heavy atom. The molecule has 8 heteroatoms. The van der Waals surface area contributed by atoms with E-state index < -0.39 is 0 Å². The highest BCUT2D eigenvalue weighted by Crippen LogP contribution is 2.34. The van der Waals surface area contributed by atoms with Gasteiger partial charge < -0.3 is 14.4 Å². The third kappa shape index (κ3) is 3.41. The van der Waals surface area contributed by atoms with Crippen LogP contribution in [0.5, 0.6) is 0 Å². The summed E-state index contributed by atoms with van der Waals surface area (Å²) in [5.74, 6) is 1.29. The van der Waals surface area contributed by atoms with Crippen LogP contribution in [0.4, 0.5) is 5.82 Å². The van der Waals surface area contributed by atoms with Gasteiger partial charge in [0.1, 0.15) is 18.1 Å². The average molecular weight is 401 g/mol. The van der Waals surface area contributed by atoms with Crippen LogP contribution in [0.2, 0.25) is 10.0 Å². The minimum absolute atomic E-state index is 0.0323. The van der Waals surface area contributed by atoms with Gasteiger partial charge in [0.2, 0.25) is 5.91 Å². The van der Waals surface area contributed by atoms with Crippen LogP contribution in [-0.2, 0) is 11.3 Å². The third-order valence-electron chi connectivity index (χ3n) is 4.04. The summed E-state index contributed by atoms with van der Waals surface area (Å²) in [6.45, 7) is 1.79. The number of fused-ring (bicyclic) bond motifs is 1. The molecule has 0 atom stereocenters. The van der Waals surface area contributed by atoms with Crippen molar-refractivity contribution in [3.8, 4) is 11.4 Å². The number of carbonyl (C=O) groups excluding carboxylic acids is 1. The molecule has 27 heavy (non-hydrogen) atoms. The molecule has 0 radical (unpaired) electrons. The van der Waals surface area contributed by atoms with E-state index in [2.05, 4.69) is 15.5 Å². The zero-order valence-corrected chi connectivity index (χ0v) is 15.8. The highest BCUT2D eigenvalue weighted by Gasteiger charge is 2.18. The van der Waals surface area contributed by atoms with Crippen molar-refractivity contribution in [2.45, 2.75) is 13.5 Å². The van der Waals surface area contributed by atoms with E-state index in [1.165, 1.54) is 0 Å². The average Bonchev–Trinajstić information content (AvgIpc) is 3.21. The predicted molar refractivity (Wildman–Crippen MR) is 105 cm³/mol. The fraction of sp³-hybridized carbons (Fsp3) is 0.105. The lowest BCUT2D eigenvalue weighted by Crippen LogP contribution is -2.19. The van der Waals surface area contributed by atoms with Gasteiger partial charge in [-0.3, -0.25) is 4.79 Å². The number of anilines is 1. The SMILES string of the molecule is Cc1cc(NC(=O)Cn2c(-c3cccc(Cl)c3Cl)nc3ccccc32)no1. The van der Waals surface area contributed by atoms with Crippen molar-refractivity contribution in [3.63, 3.8) is 0 Å². The topological polar surface area (TPSA) is 73.0 Å². The molecule has 0 aliphatic heterocycles. The maximum atomic E-state index is 12.6. The number of imidazole rings is 1. The van der Waals surface area contributed by atoms with E-state index in [-0.39, 0.29) is 12.5 Å². The maximum absolute atomic E-state index is 12.6. The Bertz CT molecular complexity index is 1150. The minimum Gasteiger partial charge on any atom is -0.360 e. The summed E-state index contributed by atoms with van der Waals surface area (Å²) in [5, 5.41) is 7.32. The summed E-state index contributed by atoms with van der Waals surface area (Å²) in [4.78, 5) is 17.2. The molecule has 2 aromatic heterocycles. The molecule has 4 aromatic rings. The van der Waals surface area contributed by atoms with E-state index in [1.807, 2.05) is 30.3 Å². The van der Waals surface area contributed by atoms with E-state index in [0.29, 0.717) is 33.0 Å². The monoisotopic (exact) mass is 400 g/mol. The van der Waals surface area contributed by atoms with Crippen molar-refractivity contribution in [2.75, 3.05) is 5.32 Å². The third-order valence-corrected chi connectivity index (χ3v) is 4.86. The first-order chi connectivity index (χ1) is 13.0. The van der Waals surface area contributed by atoms with Crippen LogP contribution in [0.3, 0.4) is 0 Å². The second-order valence-corrected chi connectivity index (χ2v) is 6.77. The van der Waals surface area contributed by atoms with Gasteiger partial charge in [-0.15, -0.1) is 0 Å². The normalized spacial score (nSPS) is 11.1. The fourth-order valence-corrected chi connectivity index (χ4v) is 3.25. The molecule has 0 spiro atoms. The largest absolute Gasteiger partial charge is 0.360 e. The minimum atomic E-state index is -0.258. The number of halogens is 2. The van der Waals surface area contributed by atoms with Gasteiger partial charge in [0.05, 0.1) is 21.1 Å². The van der Waals surface area contributed by atoms with Gasteiger partial charge in [0.15, 0.2) is 5.82 Å². The number of aromatic nitrogens is 3. The molecule has 136 valence electrons. The van der Waals surface area contributed by atoms with Crippen LogP contribution in [0.25, 0.3) is 22.4 Å². The molecule has 2 aromatic carbocycles. The van der Waals surface area contributed by atoms with Crippen LogP contribution in [0.1, 0.15) is 5.76 Å². The number of carbonyl (C=O) groups is 1. The Hall–Kier alpha value is -2.83. The number of nitrogens with zero attached hydrogens (tertiary/aromatic N) is 3. The molecule has 1 N–H and O–H groups in total. The summed E-state index contributed by atoms with van der Waals surface area (Å²) >= 11 is 12.6. The van der Waals surface area contributed by atoms with Crippen LogP contribution < -0.4 is 5.32 Å². The van der Waals surface area contributed by atoms with Gasteiger partial charge in [0.25, 0.3) is 0 Å². The van der Waals surface area contributed by atoms with Crippen molar-refractivity contribution < 1.29 is 9.32 Å². The fourth-order valence-electron chi connectivity index (χ4n) is 2.87. The van der Waals surface area contributed by atoms with Gasteiger partial charge in [-0.2, -0.15) is 0 Å². The Morgan fingerprint density at radius 1 is 1.19 bits per heavy atom. The summed E-state index contributed by atoms with van der Waals surface area (Å²) in [7, 11) is 0. The van der Waals surface area contributed by atoms with Crippen molar-refractivity contribution in [3.05, 3.63) is 64.3 Å². The zero-order valence-electron chi connectivity index (χ0n) is 14.2. The van der Waals surface area contributed by atoms with Gasteiger partial charge in [-0.25, -0.2) is 4.98 Å². The molecule has 0 aliphatic rings. The lowest BCUT2D eigenvalue weighted by molar-refractivity contribution is -0.116. The molecule has 0 unspecified atom stereocenters. The molecule has 0 bridgehead atoms. The lowest BCUT2D eigenvalue weighted by Gasteiger charge is -2.10. The van der Waals surface area contributed by atoms with E-state index >= 15 is 0 Å². The number of hydrogen-bond acceptors (Lipinski definition) is 4. The van der Waals surface area contributed by atoms with Crippen molar-refractivity contribution in [1.82, 2.24) is 14.7 Å². The van der Waals surface area contributed by atoms with Crippen molar-refractivity contribution >= 4 is 46.0 Å². The number of rotatable bonds is 4. The molecular formula is C19H14Cl2N4O2. The molecule has 0 aliphatic carbocycles. The number of hydrogen-bond donors (Lipinski definition) is 1. The standard InChI is InChI=1S/C19H14Cl2N4O2/c1-11-9-16(24-27-11)23-17(26)10-25-15-8-3-2-7-14(15)22-19(25)12-5-4-6-13(20)18(12)21/h2-9H,10H2,1H3,(H,23,24,26). The van der Waals surface area contributed by atoms with Crippen molar-refractivity contribution in [1.29, 1.82) is 0 Å². The summed E-state index contributed by atoms with van der Waals surface area (Å²) < 4.78 is 6.78. The lowest BCUT2D eigenvalue weighted by atomic mass is 10.2. The summed E-state index contributed by atoms with van der Waals surface area (Å²) in [5.41, 5.74) is 2.23. The highest BCUT2D eigenvalue weighted by molar-refractivity contribution is 6.43. The number of benzene rings is 2. The zero-order chi connectivity index (χ0) is 19.0.